The van der Waals surface area contributed by atoms with Crippen LogP contribution in [0.2, 0.25) is 15.1 Å². The van der Waals surface area contributed by atoms with E-state index in [9.17, 15) is 14.4 Å². The molecule has 1 unspecified atom stereocenters. The zero-order valence-corrected chi connectivity index (χ0v) is 56.4. The second-order valence-corrected chi connectivity index (χ2v) is 25.1. The summed E-state index contributed by atoms with van der Waals surface area (Å²) in [5.74, 6) is -0.159. The first kappa shape index (κ1) is 66.7. The molecule has 2 saturated heterocycles. The zero-order valence-electron chi connectivity index (χ0n) is 54.1. The quantitative estimate of drug-likeness (QED) is 0.0810. The van der Waals surface area contributed by atoms with Gasteiger partial charge in [0.1, 0.15) is 53.8 Å². The van der Waals surface area contributed by atoms with Crippen molar-refractivity contribution in [3.05, 3.63) is 209 Å². The van der Waals surface area contributed by atoms with E-state index in [2.05, 4.69) is 57.6 Å². The second kappa shape index (κ2) is 30.6. The Hall–Kier alpha value is -10.3. The van der Waals surface area contributed by atoms with E-state index in [1.807, 2.05) is 215 Å². The molecule has 14 rings (SSSR count). The van der Waals surface area contributed by atoms with Crippen LogP contribution in [-0.4, -0.2) is 177 Å². The fourth-order valence-electron chi connectivity index (χ4n) is 11.7. The Bertz CT molecular complexity index is 4750. The largest absolute Gasteiger partial charge is 0.386 e. The number of rotatable bonds is 17. The maximum Gasteiger partial charge on any atom is 0.244 e. The fraction of sp³-hybridized carbons (Fsp3) is 0.233. The van der Waals surface area contributed by atoms with Gasteiger partial charge in [0.2, 0.25) is 17.7 Å². The first-order valence-electron chi connectivity index (χ1n) is 31.8. The van der Waals surface area contributed by atoms with Crippen molar-refractivity contribution in [3.8, 4) is 67.5 Å². The molecule has 2 fully saturated rings. The maximum absolute atomic E-state index is 13.1. The van der Waals surface area contributed by atoms with Gasteiger partial charge in [-0.15, -0.1) is 30.6 Å². The van der Waals surface area contributed by atoms with E-state index in [0.717, 1.165) is 71.6 Å². The third-order valence-electron chi connectivity index (χ3n) is 16.8. The molecule has 8 heterocycles. The van der Waals surface area contributed by atoms with Crippen LogP contribution in [0.4, 0.5) is 0 Å². The van der Waals surface area contributed by atoms with Gasteiger partial charge in [0, 0.05) is 77.8 Å². The van der Waals surface area contributed by atoms with Crippen LogP contribution in [0.1, 0.15) is 12.8 Å². The number of nitrogens with one attached hydrogen (secondary N) is 2. The molecule has 3 amide bonds. The highest BCUT2D eigenvalue weighted by molar-refractivity contribution is 6.40. The van der Waals surface area contributed by atoms with E-state index < -0.39 is 0 Å². The van der Waals surface area contributed by atoms with Gasteiger partial charge in [-0.2, -0.15) is 15.3 Å². The summed E-state index contributed by atoms with van der Waals surface area (Å²) in [5, 5.41) is 50.4. The number of likely N-dealkylation sites (tertiary alicyclic amines) is 1. The molecule has 2 N–H and O–H groups in total. The molecule has 0 radical (unpaired) electrons. The Morgan fingerprint density at radius 3 is 1.18 bits per heavy atom. The highest BCUT2D eigenvalue weighted by Crippen LogP contribution is 2.41. The molecule has 1 atom stereocenters. The van der Waals surface area contributed by atoms with Crippen molar-refractivity contribution in [1.29, 1.82) is 0 Å². The molecule has 0 bridgehead atoms. The Morgan fingerprint density at radius 1 is 0.485 bits per heavy atom. The first-order valence-corrected chi connectivity index (χ1v) is 33.0. The van der Waals surface area contributed by atoms with Gasteiger partial charge in [0.05, 0.1) is 37.8 Å². The molecule has 6 aromatic carbocycles. The molecule has 21 nitrogen and oxygen atoms in total. The van der Waals surface area contributed by atoms with E-state index in [1.54, 1.807) is 18.9 Å². The number of hydrogen-bond acceptors (Lipinski definition) is 15. The van der Waals surface area contributed by atoms with Gasteiger partial charge in [-0.3, -0.25) is 14.4 Å². The van der Waals surface area contributed by atoms with Crippen LogP contribution in [0.15, 0.2) is 194 Å². The van der Waals surface area contributed by atoms with Crippen molar-refractivity contribution in [2.75, 3.05) is 74.0 Å². The van der Waals surface area contributed by atoms with Crippen molar-refractivity contribution in [2.45, 2.75) is 38.5 Å². The number of benzene rings is 6. The van der Waals surface area contributed by atoms with Crippen LogP contribution >= 0.6 is 34.8 Å². The van der Waals surface area contributed by atoms with Crippen LogP contribution in [0, 0.1) is 0 Å². The van der Waals surface area contributed by atoms with Crippen LogP contribution in [-0.2, 0) is 34.0 Å². The minimum Gasteiger partial charge on any atom is -0.386 e. The number of halogens is 3. The monoisotopic (exact) mass is 1350 g/mol. The molecule has 6 aromatic heterocycles. The number of piperazine rings is 1. The van der Waals surface area contributed by atoms with Gasteiger partial charge in [-0.25, -0.2) is 14.0 Å². The molecular weight excluding hydrogens is 1280 g/mol. The van der Waals surface area contributed by atoms with E-state index in [0.29, 0.717) is 115 Å². The molecule has 492 valence electrons. The van der Waals surface area contributed by atoms with Crippen molar-refractivity contribution in [1.82, 2.24) is 90.2 Å². The van der Waals surface area contributed by atoms with Crippen LogP contribution in [0.5, 0.6) is 0 Å². The van der Waals surface area contributed by atoms with Gasteiger partial charge in [-0.1, -0.05) is 223 Å². The highest BCUT2D eigenvalue weighted by atomic mass is 35.5. The lowest BCUT2D eigenvalue weighted by molar-refractivity contribution is -0.132. The van der Waals surface area contributed by atoms with Gasteiger partial charge < -0.3 is 30.2 Å². The molecule has 24 heteroatoms. The minimum atomic E-state index is -0.127. The molecule has 97 heavy (non-hydrogen) atoms. The predicted octanol–water partition coefficient (Wildman–Crippen LogP) is 11.6. The van der Waals surface area contributed by atoms with E-state index in [1.165, 1.54) is 0 Å². The predicted molar refractivity (Wildman–Crippen MR) is 382 cm³/mol. The SMILES string of the molecule is C=C1CN(C(=O)Cn2nc(-c3ccccc3)c3c(Cl)c(-c4ccccc4)nnc32)CCN1.CN(C)C1CCN(C(=O)Cn2nc(-c3ccccc3)c3c(Cl)c(-c4ccccc4)nnc32)C1.CN(C)CCCNC(=O)Cn1nc(-c2ccccc2)c2c(Cl)c(-c3ccccc3)nnc21. The average Bonchev–Trinajstić information content (AvgIpc) is 1.64. The topological polar surface area (TPSA) is 219 Å². The Morgan fingerprint density at radius 2 is 0.835 bits per heavy atom. The number of aromatic nitrogens is 12. The molecule has 2 aliphatic heterocycles. The Labute approximate surface area is 576 Å². The summed E-state index contributed by atoms with van der Waals surface area (Å²) >= 11 is 20.6. The lowest BCUT2D eigenvalue weighted by Gasteiger charge is -2.29. The molecule has 12 aromatic rings. The number of carbonyl (C=O) groups excluding carboxylic acids is 3. The number of nitrogens with zero attached hydrogens (tertiary/aromatic N) is 16. The minimum absolute atomic E-state index is 0.0217. The summed E-state index contributed by atoms with van der Waals surface area (Å²) in [6.07, 6.45) is 1.85. The first-order chi connectivity index (χ1) is 47.2. The summed E-state index contributed by atoms with van der Waals surface area (Å²) in [4.78, 5) is 46.6. The summed E-state index contributed by atoms with van der Waals surface area (Å²) in [5.41, 5.74) is 11.5. The number of likely N-dealkylation sites (N-methyl/N-ethyl adjacent to an activating group) is 1. The summed E-state index contributed by atoms with van der Waals surface area (Å²) < 4.78 is 4.81. The highest BCUT2D eigenvalue weighted by Gasteiger charge is 2.31. The van der Waals surface area contributed by atoms with Gasteiger partial charge in [-0.05, 0) is 47.6 Å². The summed E-state index contributed by atoms with van der Waals surface area (Å²) in [6, 6.07) is 58.8. The molecular formula is C73H71Cl3N18O3. The second-order valence-electron chi connectivity index (χ2n) is 24.0. The zero-order chi connectivity index (χ0) is 67.5. The third-order valence-corrected chi connectivity index (χ3v) is 17.9. The maximum atomic E-state index is 13.1. The lowest BCUT2D eigenvalue weighted by Crippen LogP contribution is -2.46. The van der Waals surface area contributed by atoms with Crippen LogP contribution in [0.25, 0.3) is 101 Å². The normalized spacial score (nSPS) is 13.8. The van der Waals surface area contributed by atoms with Crippen molar-refractivity contribution >= 4 is 85.6 Å². The average molecular weight is 1350 g/mol. The number of hydrogen-bond donors (Lipinski definition) is 2. The smallest absolute Gasteiger partial charge is 0.244 e. The lowest BCUT2D eigenvalue weighted by atomic mass is 10.1. The van der Waals surface area contributed by atoms with Crippen molar-refractivity contribution in [2.24, 2.45) is 0 Å². The molecule has 0 spiro atoms. The Kier molecular flexibility index (Phi) is 21.1. The van der Waals surface area contributed by atoms with E-state index >= 15 is 0 Å². The fourth-order valence-corrected chi connectivity index (χ4v) is 12.7. The third kappa shape index (κ3) is 15.2. The van der Waals surface area contributed by atoms with E-state index in [-0.39, 0.29) is 37.4 Å². The van der Waals surface area contributed by atoms with Crippen LogP contribution in [0.3, 0.4) is 0 Å². The van der Waals surface area contributed by atoms with Gasteiger partial charge in [0.25, 0.3) is 0 Å². The number of fused-ring (bicyclic) bond motifs is 3. The number of amides is 3. The molecule has 0 aliphatic carbocycles. The van der Waals surface area contributed by atoms with Crippen molar-refractivity contribution in [3.63, 3.8) is 0 Å². The van der Waals surface area contributed by atoms with Crippen LogP contribution < -0.4 is 10.6 Å². The standard InChI is InChI=1S/C25H25ClN6O.C24H21ClN6O.C24H25ClN6O/c1-30(2)19-13-14-31(15-19)20(33)16-32-25-21(23(29-32)17-9-5-3-6-10-17)22(26)24(27-28-25)18-11-7-4-8-12-18;1-16-14-30(13-12-26-16)19(32)15-31-24-20(22(29-31)17-8-4-2-5-9-17)21(25)23(27-28-24)18-10-6-3-7-11-18;1-30(2)15-9-14-26-19(32)16-31-24-20(22(29-31)17-10-5-3-6-11-17)21(25)23(27-28-24)18-12-7-4-8-13-18/h3-12,19H,13-16H2,1-2H3;2-11,26H,1,12-15H2;3-8,10-13H,9,14-16H2,1-2H3,(H,26,32). The molecule has 2 aliphatic rings. The summed E-state index contributed by atoms with van der Waals surface area (Å²) in [6.45, 7) is 8.89. The Balaban J connectivity index is 0.000000139. The van der Waals surface area contributed by atoms with Gasteiger partial charge >= 0.3 is 0 Å². The van der Waals surface area contributed by atoms with Crippen molar-refractivity contribution < 1.29 is 14.4 Å². The van der Waals surface area contributed by atoms with E-state index in [4.69, 9.17) is 50.1 Å². The number of carbonyl (C=O) groups is 3. The van der Waals surface area contributed by atoms with Gasteiger partial charge in [0.15, 0.2) is 16.9 Å². The summed E-state index contributed by atoms with van der Waals surface area (Å²) in [7, 11) is 8.12. The molecule has 0 saturated carbocycles.